The Hall–Kier alpha value is -2.48. The molecule has 150 valence electrons. The second kappa shape index (κ2) is 10.3. The van der Waals surface area contributed by atoms with Crippen LogP contribution in [0.25, 0.3) is 0 Å². The van der Waals surface area contributed by atoms with Crippen molar-refractivity contribution in [3.63, 3.8) is 0 Å². The summed E-state index contributed by atoms with van der Waals surface area (Å²) in [5, 5.41) is 10.8. The first-order valence-electron chi connectivity index (χ1n) is 8.70. The lowest BCUT2D eigenvalue weighted by Gasteiger charge is -2.09. The molecule has 0 aliphatic rings. The summed E-state index contributed by atoms with van der Waals surface area (Å²) in [5.41, 5.74) is 1.54. The molecule has 3 rings (SSSR count). The van der Waals surface area contributed by atoms with E-state index in [0.717, 1.165) is 10.5 Å². The highest BCUT2D eigenvalue weighted by Gasteiger charge is 2.08. The van der Waals surface area contributed by atoms with Crippen LogP contribution in [0.4, 0.5) is 5.69 Å². The molecule has 2 N–H and O–H groups in total. The molecule has 6 nitrogen and oxygen atoms in total. The van der Waals surface area contributed by atoms with Gasteiger partial charge in [-0.15, -0.1) is 11.8 Å². The number of anilines is 1. The molecular weight excluding hydrogens is 431 g/mol. The van der Waals surface area contributed by atoms with Crippen LogP contribution in [0.1, 0.15) is 5.56 Å². The average Bonchev–Trinajstić information content (AvgIpc) is 3.20. The van der Waals surface area contributed by atoms with Crippen molar-refractivity contribution in [2.24, 2.45) is 0 Å². The summed E-state index contributed by atoms with van der Waals surface area (Å²) < 4.78 is 1.54. The summed E-state index contributed by atoms with van der Waals surface area (Å²) in [6, 6.07) is 14.2. The Balaban J connectivity index is 1.47. The van der Waals surface area contributed by atoms with Gasteiger partial charge in [-0.25, -0.2) is 0 Å². The minimum atomic E-state index is -0.176. The summed E-state index contributed by atoms with van der Waals surface area (Å²) >= 11 is 13.4. The number of carbonyl (C=O) groups is 2. The standard InChI is InChI=1S/C20H18Cl2N4O2S/c21-15-5-6-17(22)18(10-15)29-13-20(28)23-11-14-3-1-4-16(9-14)25-19(27)12-26-8-2-7-24-26/h1-10H,11-13H2,(H,23,28)(H,25,27). The number of benzene rings is 2. The predicted molar refractivity (Wildman–Crippen MR) is 116 cm³/mol. The Morgan fingerprint density at radius 1 is 1.07 bits per heavy atom. The number of nitrogens with zero attached hydrogens (tertiary/aromatic N) is 2. The molecule has 2 aromatic carbocycles. The molecular formula is C20H18Cl2N4O2S. The van der Waals surface area contributed by atoms with Crippen molar-refractivity contribution in [1.29, 1.82) is 0 Å². The minimum absolute atomic E-state index is 0.126. The van der Waals surface area contributed by atoms with Crippen LogP contribution in [0, 0.1) is 0 Å². The quantitative estimate of drug-likeness (QED) is 0.505. The monoisotopic (exact) mass is 448 g/mol. The van der Waals surface area contributed by atoms with Gasteiger partial charge in [0.25, 0.3) is 0 Å². The van der Waals surface area contributed by atoms with E-state index in [1.165, 1.54) is 11.8 Å². The molecule has 0 saturated carbocycles. The number of nitrogens with one attached hydrogen (secondary N) is 2. The van der Waals surface area contributed by atoms with Crippen molar-refractivity contribution in [1.82, 2.24) is 15.1 Å². The van der Waals surface area contributed by atoms with E-state index < -0.39 is 0 Å². The highest BCUT2D eigenvalue weighted by atomic mass is 35.5. The van der Waals surface area contributed by atoms with Gasteiger partial charge >= 0.3 is 0 Å². The third kappa shape index (κ3) is 6.81. The Bertz CT molecular complexity index is 996. The topological polar surface area (TPSA) is 76.0 Å². The molecule has 9 heteroatoms. The first kappa shape index (κ1) is 21.2. The highest BCUT2D eigenvalue weighted by molar-refractivity contribution is 8.00. The molecule has 0 atom stereocenters. The third-order valence-corrected chi connectivity index (χ3v) is 5.55. The van der Waals surface area contributed by atoms with Crippen LogP contribution in [0.3, 0.4) is 0 Å². The van der Waals surface area contributed by atoms with Crippen molar-refractivity contribution < 1.29 is 9.59 Å². The molecule has 2 amide bonds. The molecule has 0 unspecified atom stereocenters. The Morgan fingerprint density at radius 3 is 2.72 bits per heavy atom. The number of aromatic nitrogens is 2. The van der Waals surface area contributed by atoms with Crippen LogP contribution >= 0.6 is 35.0 Å². The van der Waals surface area contributed by atoms with E-state index in [4.69, 9.17) is 23.2 Å². The normalized spacial score (nSPS) is 10.6. The maximum Gasteiger partial charge on any atom is 0.246 e. The van der Waals surface area contributed by atoms with Gasteiger partial charge in [0.2, 0.25) is 11.8 Å². The molecule has 0 aliphatic heterocycles. The maximum absolute atomic E-state index is 12.1. The lowest BCUT2D eigenvalue weighted by Crippen LogP contribution is -2.24. The molecule has 0 radical (unpaired) electrons. The largest absolute Gasteiger partial charge is 0.351 e. The summed E-state index contributed by atoms with van der Waals surface area (Å²) in [4.78, 5) is 25.0. The first-order chi connectivity index (χ1) is 14.0. The van der Waals surface area contributed by atoms with E-state index in [2.05, 4.69) is 15.7 Å². The summed E-state index contributed by atoms with van der Waals surface area (Å²) in [6.07, 6.45) is 3.34. The molecule has 1 aromatic heterocycles. The van der Waals surface area contributed by atoms with E-state index in [-0.39, 0.29) is 24.1 Å². The third-order valence-electron chi connectivity index (χ3n) is 3.82. The van der Waals surface area contributed by atoms with E-state index >= 15 is 0 Å². The van der Waals surface area contributed by atoms with Crippen LogP contribution in [-0.4, -0.2) is 27.3 Å². The van der Waals surface area contributed by atoms with Gasteiger partial charge in [-0.1, -0.05) is 35.3 Å². The van der Waals surface area contributed by atoms with Gasteiger partial charge in [0.15, 0.2) is 0 Å². The number of halogens is 2. The summed E-state index contributed by atoms with van der Waals surface area (Å²) in [7, 11) is 0. The zero-order valence-corrected chi connectivity index (χ0v) is 17.6. The Labute approximate surface area is 182 Å². The van der Waals surface area contributed by atoms with Crippen molar-refractivity contribution in [2.45, 2.75) is 18.0 Å². The number of carbonyl (C=O) groups excluding carboxylic acids is 2. The SMILES string of the molecule is O=C(CSc1cc(Cl)ccc1Cl)NCc1cccc(NC(=O)Cn2cccn2)c1. The fourth-order valence-corrected chi connectivity index (χ4v) is 3.81. The predicted octanol–water partition coefficient (Wildman–Crippen LogP) is 4.24. The molecule has 0 bridgehead atoms. The van der Waals surface area contributed by atoms with Gasteiger partial charge in [-0.3, -0.25) is 14.3 Å². The molecule has 3 aromatic rings. The van der Waals surface area contributed by atoms with Crippen molar-refractivity contribution >= 4 is 52.5 Å². The Kier molecular flexibility index (Phi) is 7.57. The molecule has 0 aliphatic carbocycles. The molecule has 1 heterocycles. The van der Waals surface area contributed by atoms with Gasteiger partial charge < -0.3 is 10.6 Å². The first-order valence-corrected chi connectivity index (χ1v) is 10.4. The van der Waals surface area contributed by atoms with Crippen molar-refractivity contribution in [3.8, 4) is 0 Å². The minimum Gasteiger partial charge on any atom is -0.351 e. The molecule has 0 saturated heterocycles. The number of amides is 2. The second-order valence-corrected chi connectivity index (χ2v) is 7.95. The summed E-state index contributed by atoms with van der Waals surface area (Å²) in [6.45, 7) is 0.489. The number of rotatable bonds is 8. The van der Waals surface area contributed by atoms with E-state index in [0.29, 0.717) is 22.3 Å². The lowest BCUT2D eigenvalue weighted by molar-refractivity contribution is -0.119. The van der Waals surface area contributed by atoms with Crippen LogP contribution in [0.5, 0.6) is 0 Å². The van der Waals surface area contributed by atoms with Crippen molar-refractivity contribution in [2.75, 3.05) is 11.1 Å². The van der Waals surface area contributed by atoms with Gasteiger partial charge in [0.1, 0.15) is 6.54 Å². The van der Waals surface area contributed by atoms with Gasteiger partial charge in [-0.2, -0.15) is 5.10 Å². The molecule has 0 fully saturated rings. The van der Waals surface area contributed by atoms with Crippen LogP contribution < -0.4 is 10.6 Å². The number of thioether (sulfide) groups is 1. The number of hydrogen-bond donors (Lipinski definition) is 2. The molecule has 0 spiro atoms. The van der Waals surface area contributed by atoms with Gasteiger partial charge in [0, 0.05) is 34.5 Å². The van der Waals surface area contributed by atoms with E-state index in [9.17, 15) is 9.59 Å². The fraction of sp³-hybridized carbons (Fsp3) is 0.150. The summed E-state index contributed by atoms with van der Waals surface area (Å²) in [5.74, 6) is -0.0794. The molecule has 29 heavy (non-hydrogen) atoms. The van der Waals surface area contributed by atoms with E-state index in [1.54, 1.807) is 47.4 Å². The zero-order valence-electron chi connectivity index (χ0n) is 15.3. The smallest absolute Gasteiger partial charge is 0.246 e. The van der Waals surface area contributed by atoms with Crippen LogP contribution in [0.15, 0.2) is 65.8 Å². The maximum atomic E-state index is 12.1. The van der Waals surface area contributed by atoms with Crippen molar-refractivity contribution in [3.05, 3.63) is 76.5 Å². The van der Waals surface area contributed by atoms with Gasteiger partial charge in [-0.05, 0) is 42.0 Å². The highest BCUT2D eigenvalue weighted by Crippen LogP contribution is 2.29. The zero-order chi connectivity index (χ0) is 20.6. The van der Waals surface area contributed by atoms with Crippen LogP contribution in [0.2, 0.25) is 10.0 Å². The van der Waals surface area contributed by atoms with Gasteiger partial charge in [0.05, 0.1) is 10.8 Å². The Morgan fingerprint density at radius 2 is 1.93 bits per heavy atom. The lowest BCUT2D eigenvalue weighted by atomic mass is 10.2. The average molecular weight is 449 g/mol. The fourth-order valence-electron chi connectivity index (χ4n) is 2.48. The number of hydrogen-bond acceptors (Lipinski definition) is 4. The second-order valence-electron chi connectivity index (χ2n) is 6.09. The van der Waals surface area contributed by atoms with Crippen LogP contribution in [-0.2, 0) is 22.7 Å². The van der Waals surface area contributed by atoms with E-state index in [1.807, 2.05) is 18.2 Å².